The van der Waals surface area contributed by atoms with E-state index in [4.69, 9.17) is 26.4 Å². The summed E-state index contributed by atoms with van der Waals surface area (Å²) in [5, 5.41) is 3.99. The van der Waals surface area contributed by atoms with Crippen molar-refractivity contribution >= 4 is 23.0 Å². The van der Waals surface area contributed by atoms with Crippen LogP contribution < -0.4 is 10.1 Å². The van der Waals surface area contributed by atoms with Crippen LogP contribution in [-0.4, -0.2) is 49.2 Å². The SMILES string of the molecule is COc1cccc(NC(=S)N2CCC3(CC2)OCCO3)c1. The normalized spacial score (nSPS) is 20.5. The van der Waals surface area contributed by atoms with Gasteiger partial charge in [-0.3, -0.25) is 0 Å². The van der Waals surface area contributed by atoms with E-state index in [0.717, 1.165) is 42.5 Å². The number of ether oxygens (including phenoxy) is 3. The summed E-state index contributed by atoms with van der Waals surface area (Å²) < 4.78 is 16.7. The third-order valence-electron chi connectivity index (χ3n) is 3.95. The summed E-state index contributed by atoms with van der Waals surface area (Å²) in [6.45, 7) is 3.09. The van der Waals surface area contributed by atoms with Crippen molar-refractivity contribution in [2.45, 2.75) is 18.6 Å². The predicted molar refractivity (Wildman–Crippen MR) is 84.7 cm³/mol. The van der Waals surface area contributed by atoms with Crippen molar-refractivity contribution in [3.63, 3.8) is 0 Å². The van der Waals surface area contributed by atoms with Crippen molar-refractivity contribution in [1.82, 2.24) is 4.90 Å². The van der Waals surface area contributed by atoms with E-state index in [1.165, 1.54) is 0 Å². The van der Waals surface area contributed by atoms with E-state index < -0.39 is 0 Å². The molecule has 0 radical (unpaired) electrons. The van der Waals surface area contributed by atoms with Gasteiger partial charge in [0.1, 0.15) is 5.75 Å². The minimum absolute atomic E-state index is 0.359. The molecule has 0 bridgehead atoms. The van der Waals surface area contributed by atoms with Crippen LogP contribution in [0.1, 0.15) is 12.8 Å². The lowest BCUT2D eigenvalue weighted by atomic mass is 10.0. The molecule has 0 amide bonds. The van der Waals surface area contributed by atoms with Crippen LogP contribution in [0.2, 0.25) is 0 Å². The van der Waals surface area contributed by atoms with Gasteiger partial charge in [0.05, 0.1) is 20.3 Å². The molecular formula is C15H20N2O3S. The average Bonchev–Trinajstić information content (AvgIpc) is 2.96. The van der Waals surface area contributed by atoms with Gasteiger partial charge in [0, 0.05) is 37.7 Å². The number of likely N-dealkylation sites (tertiary alicyclic amines) is 1. The number of rotatable bonds is 2. The van der Waals surface area contributed by atoms with E-state index in [1.54, 1.807) is 7.11 Å². The number of thiocarbonyl (C=S) groups is 1. The standard InChI is InChI=1S/C15H20N2O3S/c1-18-13-4-2-3-12(11-13)16-14(21)17-7-5-15(6-8-17)19-9-10-20-15/h2-4,11H,5-10H2,1H3,(H,16,21). The van der Waals surface area contributed by atoms with Gasteiger partial charge in [-0.1, -0.05) is 6.07 Å². The van der Waals surface area contributed by atoms with Gasteiger partial charge in [-0.05, 0) is 24.4 Å². The molecular weight excluding hydrogens is 288 g/mol. The third-order valence-corrected chi connectivity index (χ3v) is 4.31. The highest BCUT2D eigenvalue weighted by Crippen LogP contribution is 2.31. The van der Waals surface area contributed by atoms with Gasteiger partial charge in [0.15, 0.2) is 10.9 Å². The summed E-state index contributed by atoms with van der Waals surface area (Å²) in [5.74, 6) is 0.454. The van der Waals surface area contributed by atoms with Crippen LogP contribution in [0.15, 0.2) is 24.3 Å². The molecule has 21 heavy (non-hydrogen) atoms. The smallest absolute Gasteiger partial charge is 0.173 e. The number of hydrogen-bond acceptors (Lipinski definition) is 4. The monoisotopic (exact) mass is 308 g/mol. The molecule has 0 atom stereocenters. The molecule has 2 aliphatic heterocycles. The second-order valence-electron chi connectivity index (χ2n) is 5.26. The molecule has 0 saturated carbocycles. The highest BCUT2D eigenvalue weighted by atomic mass is 32.1. The molecule has 114 valence electrons. The molecule has 1 aromatic rings. The molecule has 1 N–H and O–H groups in total. The molecule has 1 spiro atoms. The van der Waals surface area contributed by atoms with Crippen LogP contribution in [-0.2, 0) is 9.47 Å². The summed E-state index contributed by atoms with van der Waals surface area (Å²) >= 11 is 5.49. The van der Waals surface area contributed by atoms with Crippen molar-refractivity contribution in [2.75, 3.05) is 38.7 Å². The highest BCUT2D eigenvalue weighted by Gasteiger charge is 2.40. The van der Waals surface area contributed by atoms with Gasteiger partial charge in [-0.25, -0.2) is 0 Å². The van der Waals surface area contributed by atoms with Gasteiger partial charge in [-0.15, -0.1) is 0 Å². The Kier molecular flexibility index (Phi) is 4.28. The summed E-state index contributed by atoms with van der Waals surface area (Å²) in [6, 6.07) is 7.76. The van der Waals surface area contributed by atoms with E-state index >= 15 is 0 Å². The Morgan fingerprint density at radius 3 is 2.67 bits per heavy atom. The second kappa shape index (κ2) is 6.17. The summed E-state index contributed by atoms with van der Waals surface area (Å²) in [5.41, 5.74) is 0.938. The van der Waals surface area contributed by atoms with Gasteiger partial charge < -0.3 is 24.4 Å². The largest absolute Gasteiger partial charge is 0.497 e. The van der Waals surface area contributed by atoms with E-state index in [1.807, 2.05) is 24.3 Å². The van der Waals surface area contributed by atoms with Crippen LogP contribution >= 0.6 is 12.2 Å². The number of nitrogens with one attached hydrogen (secondary N) is 1. The maximum absolute atomic E-state index is 5.73. The van der Waals surface area contributed by atoms with Crippen molar-refractivity contribution in [3.05, 3.63) is 24.3 Å². The van der Waals surface area contributed by atoms with Gasteiger partial charge in [-0.2, -0.15) is 0 Å². The number of piperidine rings is 1. The maximum Gasteiger partial charge on any atom is 0.173 e. The van der Waals surface area contributed by atoms with Crippen molar-refractivity contribution in [1.29, 1.82) is 0 Å². The quantitative estimate of drug-likeness (QED) is 0.845. The number of benzene rings is 1. The molecule has 3 rings (SSSR count). The lowest BCUT2D eigenvalue weighted by Gasteiger charge is -2.38. The first kappa shape index (κ1) is 14.6. The number of anilines is 1. The lowest BCUT2D eigenvalue weighted by Crippen LogP contribution is -2.48. The Morgan fingerprint density at radius 1 is 1.29 bits per heavy atom. The Hall–Kier alpha value is -1.37. The molecule has 1 aromatic carbocycles. The minimum Gasteiger partial charge on any atom is -0.497 e. The summed E-state index contributed by atoms with van der Waals surface area (Å²) in [6.07, 6.45) is 1.71. The van der Waals surface area contributed by atoms with Gasteiger partial charge >= 0.3 is 0 Å². The van der Waals surface area contributed by atoms with Gasteiger partial charge in [0.2, 0.25) is 0 Å². The average molecular weight is 308 g/mol. The first-order chi connectivity index (χ1) is 10.2. The zero-order valence-corrected chi connectivity index (χ0v) is 12.9. The Labute approximate surface area is 130 Å². The number of nitrogens with zero attached hydrogens (tertiary/aromatic N) is 1. The van der Waals surface area contributed by atoms with E-state index in [0.29, 0.717) is 13.2 Å². The fourth-order valence-electron chi connectivity index (χ4n) is 2.74. The topological polar surface area (TPSA) is 43.0 Å². The lowest BCUT2D eigenvalue weighted by molar-refractivity contribution is -0.180. The number of methoxy groups -OCH3 is 1. The molecule has 2 aliphatic rings. The van der Waals surface area contributed by atoms with E-state index in [9.17, 15) is 0 Å². The van der Waals surface area contributed by atoms with E-state index in [2.05, 4.69) is 10.2 Å². The van der Waals surface area contributed by atoms with Crippen LogP contribution in [0.25, 0.3) is 0 Å². The Morgan fingerprint density at radius 2 is 2.00 bits per heavy atom. The predicted octanol–water partition coefficient (Wildman–Crippen LogP) is 2.23. The minimum atomic E-state index is -0.359. The molecule has 2 heterocycles. The number of hydrogen-bond donors (Lipinski definition) is 1. The molecule has 0 aromatic heterocycles. The van der Waals surface area contributed by atoms with Crippen LogP contribution in [0.3, 0.4) is 0 Å². The maximum atomic E-state index is 5.73. The van der Waals surface area contributed by atoms with Crippen LogP contribution in [0.4, 0.5) is 5.69 Å². The zero-order valence-electron chi connectivity index (χ0n) is 12.1. The molecule has 2 saturated heterocycles. The Bertz CT molecular complexity index is 507. The fraction of sp³-hybridized carbons (Fsp3) is 0.533. The summed E-state index contributed by atoms with van der Waals surface area (Å²) in [4.78, 5) is 2.16. The van der Waals surface area contributed by atoms with Crippen molar-refractivity contribution in [3.8, 4) is 5.75 Å². The Balaban J connectivity index is 1.56. The second-order valence-corrected chi connectivity index (χ2v) is 5.64. The highest BCUT2D eigenvalue weighted by molar-refractivity contribution is 7.80. The molecule has 6 heteroatoms. The molecule has 0 aliphatic carbocycles. The van der Waals surface area contributed by atoms with Crippen LogP contribution in [0, 0.1) is 0 Å². The van der Waals surface area contributed by atoms with Crippen LogP contribution in [0.5, 0.6) is 5.75 Å². The zero-order chi connectivity index (χ0) is 14.7. The molecule has 0 unspecified atom stereocenters. The first-order valence-corrected chi connectivity index (χ1v) is 7.59. The fourth-order valence-corrected chi connectivity index (χ4v) is 3.04. The van der Waals surface area contributed by atoms with Crippen molar-refractivity contribution in [2.24, 2.45) is 0 Å². The first-order valence-electron chi connectivity index (χ1n) is 7.19. The molecule has 2 fully saturated rings. The summed E-state index contributed by atoms with van der Waals surface area (Å²) in [7, 11) is 1.66. The third kappa shape index (κ3) is 3.28. The molecule has 5 nitrogen and oxygen atoms in total. The van der Waals surface area contributed by atoms with E-state index in [-0.39, 0.29) is 5.79 Å². The van der Waals surface area contributed by atoms with Gasteiger partial charge in [0.25, 0.3) is 0 Å². The van der Waals surface area contributed by atoms with Crippen molar-refractivity contribution < 1.29 is 14.2 Å².